The van der Waals surface area contributed by atoms with Crippen molar-refractivity contribution in [2.45, 2.75) is 86.5 Å². The van der Waals surface area contributed by atoms with E-state index < -0.39 is 0 Å². The van der Waals surface area contributed by atoms with E-state index in [1.165, 1.54) is 28.7 Å². The second-order valence-corrected chi connectivity index (χ2v) is 6.96. The number of rotatable bonds is 11. The summed E-state index contributed by atoms with van der Waals surface area (Å²) in [5, 5.41) is 0. The lowest BCUT2D eigenvalue weighted by molar-refractivity contribution is -0.116. The van der Waals surface area contributed by atoms with E-state index in [0.717, 1.165) is 32.1 Å². The minimum atomic E-state index is 0.239. The van der Waals surface area contributed by atoms with Crippen LogP contribution in [0.5, 0.6) is 0 Å². The van der Waals surface area contributed by atoms with Crippen LogP contribution in [0.4, 0.5) is 0 Å². The van der Waals surface area contributed by atoms with E-state index in [1.54, 1.807) is 6.92 Å². The van der Waals surface area contributed by atoms with Gasteiger partial charge >= 0.3 is 0 Å². The number of hydrogen-bond acceptors (Lipinski definition) is 1. The average Bonchev–Trinajstić information content (AvgIpc) is 2.44. The van der Waals surface area contributed by atoms with E-state index >= 15 is 0 Å². The predicted molar refractivity (Wildman–Crippen MR) is 104 cm³/mol. The first-order valence-electron chi connectivity index (χ1n) is 8.91. The van der Waals surface area contributed by atoms with Gasteiger partial charge < -0.3 is 0 Å². The Kier molecular flexibility index (Phi) is 12.3. The zero-order chi connectivity index (χ0) is 17.7. The van der Waals surface area contributed by atoms with Crippen LogP contribution in [-0.2, 0) is 4.79 Å². The molecule has 0 aliphatic heterocycles. The van der Waals surface area contributed by atoms with E-state index in [1.807, 2.05) is 0 Å². The molecule has 0 amide bonds. The molecular weight excluding hydrogens is 280 g/mol. The van der Waals surface area contributed by atoms with Gasteiger partial charge in [0.25, 0.3) is 0 Å². The van der Waals surface area contributed by atoms with Crippen molar-refractivity contribution in [3.8, 4) is 0 Å². The van der Waals surface area contributed by atoms with Gasteiger partial charge in [-0.25, -0.2) is 0 Å². The first kappa shape index (κ1) is 21.6. The van der Waals surface area contributed by atoms with Gasteiger partial charge in [-0.3, -0.25) is 4.79 Å². The molecule has 0 fully saturated rings. The van der Waals surface area contributed by atoms with Gasteiger partial charge in [-0.1, -0.05) is 46.6 Å². The van der Waals surface area contributed by atoms with Crippen molar-refractivity contribution in [2.24, 2.45) is 0 Å². The molecule has 0 saturated carbocycles. The summed E-state index contributed by atoms with van der Waals surface area (Å²) in [7, 11) is 0. The molecule has 0 bridgehead atoms. The highest BCUT2D eigenvalue weighted by Crippen LogP contribution is 2.13. The molecule has 0 saturated heterocycles. The van der Waals surface area contributed by atoms with Gasteiger partial charge in [0.2, 0.25) is 0 Å². The van der Waals surface area contributed by atoms with Crippen LogP contribution in [0.1, 0.15) is 86.5 Å². The highest BCUT2D eigenvalue weighted by molar-refractivity contribution is 5.77. The third-order valence-electron chi connectivity index (χ3n) is 3.89. The van der Waals surface area contributed by atoms with Crippen molar-refractivity contribution in [1.82, 2.24) is 0 Å². The molecule has 0 unspecified atom stereocenters. The Balaban J connectivity index is 4.00. The standard InChI is InChI=1S/C22H36O/c1-18(2)10-7-11-19(3)12-8-13-20(4)14-9-15-21(5)16-17-22(6)23/h10,12,14,16H,7-9,11,13,15,17H2,1-6H3/b19-12+,20-14-,21-16-. The van der Waals surface area contributed by atoms with Gasteiger partial charge in [0.15, 0.2) is 0 Å². The maximum Gasteiger partial charge on any atom is 0.133 e. The van der Waals surface area contributed by atoms with Gasteiger partial charge in [-0.15, -0.1) is 0 Å². The molecule has 0 aliphatic rings. The molecule has 23 heavy (non-hydrogen) atoms. The van der Waals surface area contributed by atoms with E-state index in [9.17, 15) is 4.79 Å². The Morgan fingerprint density at radius 1 is 0.609 bits per heavy atom. The molecule has 0 radical (unpaired) electrons. The minimum Gasteiger partial charge on any atom is -0.300 e. The molecule has 130 valence electrons. The summed E-state index contributed by atoms with van der Waals surface area (Å²) in [5.74, 6) is 0.239. The molecule has 1 heteroatoms. The summed E-state index contributed by atoms with van der Waals surface area (Å²) in [4.78, 5) is 10.9. The fraction of sp³-hybridized carbons (Fsp3) is 0.591. The van der Waals surface area contributed by atoms with Crippen molar-refractivity contribution in [3.63, 3.8) is 0 Å². The number of hydrogen-bond donors (Lipinski definition) is 0. The van der Waals surface area contributed by atoms with E-state index in [0.29, 0.717) is 6.42 Å². The number of ketones is 1. The number of carbonyl (C=O) groups excluding carboxylic acids is 1. The topological polar surface area (TPSA) is 17.1 Å². The van der Waals surface area contributed by atoms with Crippen LogP contribution in [0.2, 0.25) is 0 Å². The smallest absolute Gasteiger partial charge is 0.133 e. The van der Waals surface area contributed by atoms with Gasteiger partial charge in [0.1, 0.15) is 5.78 Å². The average molecular weight is 317 g/mol. The first-order valence-corrected chi connectivity index (χ1v) is 8.91. The molecule has 0 atom stereocenters. The highest BCUT2D eigenvalue weighted by atomic mass is 16.1. The largest absolute Gasteiger partial charge is 0.300 e. The second-order valence-electron chi connectivity index (χ2n) is 6.96. The van der Waals surface area contributed by atoms with Crippen molar-refractivity contribution in [3.05, 3.63) is 46.6 Å². The van der Waals surface area contributed by atoms with Crippen molar-refractivity contribution >= 4 is 5.78 Å². The Labute approximate surface area is 144 Å². The van der Waals surface area contributed by atoms with Crippen LogP contribution in [0, 0.1) is 0 Å². The normalized spacial score (nSPS) is 13.2. The third kappa shape index (κ3) is 15.3. The molecular formula is C22H36O. The summed E-state index contributed by atoms with van der Waals surface area (Å²) in [6, 6.07) is 0. The van der Waals surface area contributed by atoms with E-state index in [-0.39, 0.29) is 5.78 Å². The maximum atomic E-state index is 10.9. The summed E-state index contributed by atoms with van der Waals surface area (Å²) in [5.41, 5.74) is 5.69. The van der Waals surface area contributed by atoms with Crippen LogP contribution in [-0.4, -0.2) is 5.78 Å². The third-order valence-corrected chi connectivity index (χ3v) is 3.89. The van der Waals surface area contributed by atoms with E-state index in [2.05, 4.69) is 58.9 Å². The number of carbonyl (C=O) groups is 1. The fourth-order valence-corrected chi connectivity index (χ4v) is 2.31. The van der Waals surface area contributed by atoms with E-state index in [4.69, 9.17) is 0 Å². The zero-order valence-electron chi connectivity index (χ0n) is 16.2. The lowest BCUT2D eigenvalue weighted by Crippen LogP contribution is -1.87. The lowest BCUT2D eigenvalue weighted by atomic mass is 10.0. The summed E-state index contributed by atoms with van der Waals surface area (Å²) < 4.78 is 0. The molecule has 0 N–H and O–H groups in total. The molecule has 0 aromatic rings. The van der Waals surface area contributed by atoms with Gasteiger partial charge in [-0.2, -0.15) is 0 Å². The number of Topliss-reactive ketones (excluding diaryl/α,β-unsaturated/α-hetero) is 1. The summed E-state index contributed by atoms with van der Waals surface area (Å²) >= 11 is 0. The van der Waals surface area contributed by atoms with Crippen LogP contribution in [0.25, 0.3) is 0 Å². The molecule has 0 heterocycles. The van der Waals surface area contributed by atoms with Gasteiger partial charge in [0, 0.05) is 6.42 Å². The predicted octanol–water partition coefficient (Wildman–Crippen LogP) is 7.11. The molecule has 0 aromatic carbocycles. The maximum absolute atomic E-state index is 10.9. The van der Waals surface area contributed by atoms with Crippen molar-refractivity contribution in [2.75, 3.05) is 0 Å². The quantitative estimate of drug-likeness (QED) is 0.371. The monoisotopic (exact) mass is 316 g/mol. The van der Waals surface area contributed by atoms with Crippen molar-refractivity contribution in [1.29, 1.82) is 0 Å². The van der Waals surface area contributed by atoms with Crippen LogP contribution >= 0.6 is 0 Å². The highest BCUT2D eigenvalue weighted by Gasteiger charge is 1.94. The molecule has 0 rings (SSSR count). The lowest BCUT2D eigenvalue weighted by Gasteiger charge is -2.02. The first-order chi connectivity index (χ1) is 10.8. The minimum absolute atomic E-state index is 0.239. The van der Waals surface area contributed by atoms with Gasteiger partial charge in [0.05, 0.1) is 0 Å². The van der Waals surface area contributed by atoms with Gasteiger partial charge in [-0.05, 0) is 80.1 Å². The van der Waals surface area contributed by atoms with Crippen LogP contribution < -0.4 is 0 Å². The Morgan fingerprint density at radius 2 is 1.00 bits per heavy atom. The molecule has 1 nitrogen and oxygen atoms in total. The zero-order valence-corrected chi connectivity index (χ0v) is 16.2. The van der Waals surface area contributed by atoms with Crippen LogP contribution in [0.15, 0.2) is 46.6 Å². The van der Waals surface area contributed by atoms with Crippen molar-refractivity contribution < 1.29 is 4.79 Å². The number of allylic oxidation sites excluding steroid dienone is 8. The SMILES string of the molecule is CC(=O)C/C=C(/C)CC/C=C(/C)CC/C=C(\C)CCC=C(C)C. The Bertz CT molecular complexity index is 468. The molecule has 0 aromatic heterocycles. The summed E-state index contributed by atoms with van der Waals surface area (Å²) in [6.07, 6.45) is 16.4. The molecule has 0 aliphatic carbocycles. The second kappa shape index (κ2) is 13.1. The van der Waals surface area contributed by atoms with Crippen LogP contribution in [0.3, 0.4) is 0 Å². The summed E-state index contributed by atoms with van der Waals surface area (Å²) in [6.45, 7) is 12.5. The molecule has 0 spiro atoms. The Morgan fingerprint density at radius 3 is 1.39 bits per heavy atom. The Hall–Kier alpha value is -1.37. The fourth-order valence-electron chi connectivity index (χ4n) is 2.31.